The highest BCUT2D eigenvalue weighted by molar-refractivity contribution is 5.88. The molecule has 2 aliphatic rings. The van der Waals surface area contributed by atoms with Gasteiger partial charge in [-0.3, -0.25) is 4.90 Å². The zero-order valence-corrected chi connectivity index (χ0v) is 16.8. The van der Waals surface area contributed by atoms with Crippen LogP contribution in [0.15, 0.2) is 24.4 Å². The lowest BCUT2D eigenvalue weighted by molar-refractivity contribution is 0.0980. The minimum Gasteiger partial charge on any atom is -0.361 e. The highest BCUT2D eigenvalue weighted by atomic mass is 16.2. The van der Waals surface area contributed by atoms with Crippen LogP contribution >= 0.6 is 0 Å². The Labute approximate surface area is 162 Å². The number of aromatic amines is 1. The summed E-state index contributed by atoms with van der Waals surface area (Å²) in [5.74, 6) is 0.485. The number of H-pyrrole nitrogens is 1. The second-order valence-electron chi connectivity index (χ2n) is 8.01. The molecule has 3 unspecified atom stereocenters. The summed E-state index contributed by atoms with van der Waals surface area (Å²) < 4.78 is 0. The van der Waals surface area contributed by atoms with Gasteiger partial charge in [0.1, 0.15) is 0 Å². The molecule has 4 rings (SSSR count). The summed E-state index contributed by atoms with van der Waals surface area (Å²) in [6.45, 7) is 9.89. The molecule has 0 saturated carbocycles. The first kappa shape index (κ1) is 18.4. The molecule has 5 nitrogen and oxygen atoms in total. The highest BCUT2D eigenvalue weighted by Crippen LogP contribution is 2.43. The van der Waals surface area contributed by atoms with E-state index < -0.39 is 0 Å². The van der Waals surface area contributed by atoms with E-state index in [4.69, 9.17) is 0 Å². The van der Waals surface area contributed by atoms with Gasteiger partial charge in [-0.05, 0) is 56.8 Å². The van der Waals surface area contributed by atoms with Crippen LogP contribution in [0.1, 0.15) is 50.7 Å². The summed E-state index contributed by atoms with van der Waals surface area (Å²) in [5, 5.41) is 4.75. The smallest absolute Gasteiger partial charge is 0.317 e. The molecule has 1 aliphatic heterocycles. The molecule has 3 atom stereocenters. The van der Waals surface area contributed by atoms with Gasteiger partial charge in [0.25, 0.3) is 0 Å². The molecule has 146 valence electrons. The molecule has 2 heterocycles. The number of nitrogens with zero attached hydrogens (tertiary/aromatic N) is 2. The van der Waals surface area contributed by atoms with E-state index in [2.05, 4.69) is 46.5 Å². The van der Waals surface area contributed by atoms with E-state index in [1.807, 2.05) is 18.7 Å². The van der Waals surface area contributed by atoms with Crippen LogP contribution < -0.4 is 5.32 Å². The van der Waals surface area contributed by atoms with Crippen LogP contribution in [-0.4, -0.2) is 59.1 Å². The number of urea groups is 1. The van der Waals surface area contributed by atoms with E-state index in [-0.39, 0.29) is 12.1 Å². The fourth-order valence-electron chi connectivity index (χ4n) is 5.22. The molecular formula is C22H32N4O. The maximum atomic E-state index is 12.6. The molecule has 0 spiro atoms. The molecule has 1 saturated heterocycles. The lowest BCUT2D eigenvalue weighted by Gasteiger charge is -2.47. The molecular weight excluding hydrogens is 336 g/mol. The van der Waals surface area contributed by atoms with Crippen molar-refractivity contribution in [1.29, 1.82) is 0 Å². The summed E-state index contributed by atoms with van der Waals surface area (Å²) in [6.07, 6.45) is 5.48. The Kier molecular flexibility index (Phi) is 5.13. The fourth-order valence-corrected chi connectivity index (χ4v) is 5.22. The molecule has 0 radical (unpaired) electrons. The number of rotatable bonds is 5. The number of carbonyl (C=O) groups excluding carboxylic acids is 1. The van der Waals surface area contributed by atoms with Gasteiger partial charge in [-0.1, -0.05) is 19.1 Å². The van der Waals surface area contributed by atoms with Crippen LogP contribution in [-0.2, 0) is 6.42 Å². The summed E-state index contributed by atoms with van der Waals surface area (Å²) in [4.78, 5) is 20.6. The van der Waals surface area contributed by atoms with Crippen LogP contribution in [0.5, 0.6) is 0 Å². The topological polar surface area (TPSA) is 51.4 Å². The normalized spacial score (nSPS) is 24.6. The number of aromatic nitrogens is 1. The van der Waals surface area contributed by atoms with Gasteiger partial charge in [0.2, 0.25) is 0 Å². The van der Waals surface area contributed by atoms with Gasteiger partial charge in [-0.2, -0.15) is 0 Å². The van der Waals surface area contributed by atoms with E-state index in [1.54, 1.807) is 0 Å². The largest absolute Gasteiger partial charge is 0.361 e. The lowest BCUT2D eigenvalue weighted by atomic mass is 9.74. The number of hydrogen-bond donors (Lipinski definition) is 2. The summed E-state index contributed by atoms with van der Waals surface area (Å²) in [5.41, 5.74) is 4.16. The van der Waals surface area contributed by atoms with Crippen LogP contribution in [0.3, 0.4) is 0 Å². The summed E-state index contributed by atoms with van der Waals surface area (Å²) in [6, 6.07) is 7.48. The third-order valence-electron chi connectivity index (χ3n) is 6.46. The number of benzene rings is 1. The van der Waals surface area contributed by atoms with Crippen LogP contribution in [0.25, 0.3) is 10.9 Å². The van der Waals surface area contributed by atoms with E-state index in [0.717, 1.165) is 45.4 Å². The highest BCUT2D eigenvalue weighted by Gasteiger charge is 2.41. The van der Waals surface area contributed by atoms with Gasteiger partial charge in [-0.15, -0.1) is 0 Å². The van der Waals surface area contributed by atoms with Gasteiger partial charge in [-0.25, -0.2) is 4.79 Å². The van der Waals surface area contributed by atoms with E-state index in [1.165, 1.54) is 22.0 Å². The number of likely N-dealkylation sites (tertiary alicyclic amines) is 1. The van der Waals surface area contributed by atoms with E-state index in [9.17, 15) is 4.79 Å². The number of fused-ring (bicyclic) bond motifs is 2. The molecule has 0 bridgehead atoms. The monoisotopic (exact) mass is 368 g/mol. The Bertz CT molecular complexity index is 810. The van der Waals surface area contributed by atoms with Crippen molar-refractivity contribution < 1.29 is 4.79 Å². The Hall–Kier alpha value is -2.01. The van der Waals surface area contributed by atoms with Crippen LogP contribution in [0, 0.1) is 0 Å². The van der Waals surface area contributed by atoms with Crippen molar-refractivity contribution in [2.45, 2.75) is 58.0 Å². The predicted octanol–water partition coefficient (Wildman–Crippen LogP) is 3.71. The molecule has 5 heteroatoms. The summed E-state index contributed by atoms with van der Waals surface area (Å²) >= 11 is 0. The van der Waals surface area contributed by atoms with E-state index in [0.29, 0.717) is 12.0 Å². The zero-order chi connectivity index (χ0) is 19.0. The van der Waals surface area contributed by atoms with Crippen molar-refractivity contribution in [3.63, 3.8) is 0 Å². The number of carbonyl (C=O) groups is 1. The zero-order valence-electron chi connectivity index (χ0n) is 16.8. The third-order valence-corrected chi connectivity index (χ3v) is 6.46. The van der Waals surface area contributed by atoms with Crippen molar-refractivity contribution in [3.05, 3.63) is 35.5 Å². The average molecular weight is 369 g/mol. The Morgan fingerprint density at radius 3 is 2.85 bits per heavy atom. The van der Waals surface area contributed by atoms with Gasteiger partial charge >= 0.3 is 6.03 Å². The number of nitrogens with one attached hydrogen (secondary N) is 2. The van der Waals surface area contributed by atoms with Gasteiger partial charge < -0.3 is 15.2 Å². The molecule has 1 fully saturated rings. The molecule has 2 amide bonds. The van der Waals surface area contributed by atoms with Crippen molar-refractivity contribution >= 4 is 16.9 Å². The first-order valence-electron chi connectivity index (χ1n) is 10.5. The van der Waals surface area contributed by atoms with Crippen LogP contribution in [0.2, 0.25) is 0 Å². The fraction of sp³-hybridized carbons (Fsp3) is 0.591. The van der Waals surface area contributed by atoms with Crippen molar-refractivity contribution in [1.82, 2.24) is 20.1 Å². The van der Waals surface area contributed by atoms with Gasteiger partial charge in [0, 0.05) is 54.7 Å². The number of amides is 2. The second kappa shape index (κ2) is 7.55. The van der Waals surface area contributed by atoms with Crippen LogP contribution in [0.4, 0.5) is 4.79 Å². The first-order chi connectivity index (χ1) is 13.2. The van der Waals surface area contributed by atoms with Gasteiger partial charge in [0.15, 0.2) is 0 Å². The number of hydrogen-bond acceptors (Lipinski definition) is 2. The molecule has 2 aromatic rings. The molecule has 1 aromatic carbocycles. The van der Waals surface area contributed by atoms with Crippen molar-refractivity contribution in [2.75, 3.05) is 26.2 Å². The lowest BCUT2D eigenvalue weighted by Crippen LogP contribution is -2.57. The molecule has 1 aliphatic carbocycles. The third kappa shape index (κ3) is 3.22. The standard InChI is InChI=1S/C22H32N4O/c1-4-10-26-14-16(24-22(27)25(5-2)6-3)12-18-17-8-7-9-19-21(17)15(13-23-19)11-20(18)26/h7-9,13,16,18,20,23H,4-6,10-12,14H2,1-3H3,(H,24,27). The minimum absolute atomic E-state index is 0.0799. The quantitative estimate of drug-likeness (QED) is 0.845. The summed E-state index contributed by atoms with van der Waals surface area (Å²) in [7, 11) is 0. The second-order valence-corrected chi connectivity index (χ2v) is 8.01. The molecule has 27 heavy (non-hydrogen) atoms. The maximum Gasteiger partial charge on any atom is 0.317 e. The Balaban J connectivity index is 1.63. The van der Waals surface area contributed by atoms with E-state index >= 15 is 0 Å². The van der Waals surface area contributed by atoms with Gasteiger partial charge in [0.05, 0.1) is 0 Å². The molecule has 1 aromatic heterocycles. The maximum absolute atomic E-state index is 12.6. The average Bonchev–Trinajstić information content (AvgIpc) is 3.08. The minimum atomic E-state index is 0.0799. The van der Waals surface area contributed by atoms with Crippen molar-refractivity contribution in [2.24, 2.45) is 0 Å². The Morgan fingerprint density at radius 1 is 1.30 bits per heavy atom. The predicted molar refractivity (Wildman–Crippen MR) is 110 cm³/mol. The van der Waals surface area contributed by atoms with Crippen molar-refractivity contribution in [3.8, 4) is 0 Å². The Morgan fingerprint density at radius 2 is 2.11 bits per heavy atom. The molecule has 2 N–H and O–H groups in total. The number of piperidine rings is 1. The first-order valence-corrected chi connectivity index (χ1v) is 10.5. The SMILES string of the molecule is CCCN1CC(NC(=O)N(CC)CC)CC2c3cccc4[nH]cc(c34)CC21.